The molecule has 142 valence electrons. The van der Waals surface area contributed by atoms with Crippen LogP contribution in [-0.4, -0.2) is 36.9 Å². The average molecular weight is 361 g/mol. The van der Waals surface area contributed by atoms with Gasteiger partial charge in [-0.05, 0) is 30.7 Å². The molecule has 1 aromatic carbocycles. The molecule has 1 atom stereocenters. The first-order chi connectivity index (χ1) is 11.8. The fourth-order valence-corrected chi connectivity index (χ4v) is 2.01. The summed E-state index contributed by atoms with van der Waals surface area (Å²) in [6.45, 7) is 2.83. The van der Waals surface area contributed by atoms with Gasteiger partial charge < -0.3 is 20.9 Å². The fourth-order valence-electron chi connectivity index (χ4n) is 2.01. The molecule has 0 fully saturated rings. The summed E-state index contributed by atoms with van der Waals surface area (Å²) in [4.78, 5) is 4.01. The highest BCUT2D eigenvalue weighted by atomic mass is 19.4. The third kappa shape index (κ3) is 9.19. The maximum absolute atomic E-state index is 12.4. The van der Waals surface area contributed by atoms with E-state index < -0.39 is 17.8 Å². The van der Waals surface area contributed by atoms with E-state index in [1.54, 1.807) is 0 Å². The molecule has 0 bridgehead atoms. The van der Waals surface area contributed by atoms with Crippen LogP contribution in [0.1, 0.15) is 38.2 Å². The number of nitrogens with one attached hydrogen (secondary N) is 1. The van der Waals surface area contributed by atoms with E-state index in [9.17, 15) is 18.3 Å². The first-order valence-electron chi connectivity index (χ1n) is 8.34. The summed E-state index contributed by atoms with van der Waals surface area (Å²) in [7, 11) is 0. The number of alkyl halides is 3. The van der Waals surface area contributed by atoms with E-state index in [1.807, 2.05) is 0 Å². The lowest BCUT2D eigenvalue weighted by atomic mass is 10.2. The van der Waals surface area contributed by atoms with E-state index >= 15 is 0 Å². The number of halogens is 3. The summed E-state index contributed by atoms with van der Waals surface area (Å²) in [5.74, 6) is 0.503. The van der Waals surface area contributed by atoms with Crippen LogP contribution in [0.2, 0.25) is 0 Å². The number of ether oxygens (including phenoxy) is 1. The third-order valence-electron chi connectivity index (χ3n) is 3.43. The predicted molar refractivity (Wildman–Crippen MR) is 91.6 cm³/mol. The first kappa shape index (κ1) is 21.1. The highest BCUT2D eigenvalue weighted by Crippen LogP contribution is 2.30. The van der Waals surface area contributed by atoms with Crippen LogP contribution in [0.25, 0.3) is 0 Å². The van der Waals surface area contributed by atoms with Gasteiger partial charge in [-0.3, -0.25) is 4.99 Å². The van der Waals surface area contributed by atoms with Gasteiger partial charge in [-0.1, -0.05) is 26.2 Å². The smallest absolute Gasteiger partial charge is 0.416 e. The van der Waals surface area contributed by atoms with Crippen molar-refractivity contribution in [2.45, 2.75) is 44.9 Å². The molecule has 0 saturated heterocycles. The Morgan fingerprint density at radius 2 is 1.92 bits per heavy atom. The van der Waals surface area contributed by atoms with Gasteiger partial charge in [-0.15, -0.1) is 0 Å². The first-order valence-corrected chi connectivity index (χ1v) is 8.34. The van der Waals surface area contributed by atoms with Crippen molar-refractivity contribution < 1.29 is 23.0 Å². The quantitative estimate of drug-likeness (QED) is 0.340. The zero-order valence-corrected chi connectivity index (χ0v) is 14.4. The second-order valence-corrected chi connectivity index (χ2v) is 5.70. The van der Waals surface area contributed by atoms with E-state index in [-0.39, 0.29) is 24.9 Å². The van der Waals surface area contributed by atoms with Crippen molar-refractivity contribution in [2.75, 3.05) is 19.7 Å². The topological polar surface area (TPSA) is 79.9 Å². The van der Waals surface area contributed by atoms with Crippen molar-refractivity contribution in [3.63, 3.8) is 0 Å². The number of nitrogens with two attached hydrogens (primary N) is 1. The number of unbranched alkanes of at least 4 members (excludes halogenated alkanes) is 3. The Morgan fingerprint density at radius 1 is 1.24 bits per heavy atom. The van der Waals surface area contributed by atoms with Crippen LogP contribution >= 0.6 is 0 Å². The fraction of sp³-hybridized carbons (Fsp3) is 0.588. The lowest BCUT2D eigenvalue weighted by molar-refractivity contribution is -0.137. The molecule has 0 aliphatic heterocycles. The van der Waals surface area contributed by atoms with Gasteiger partial charge in [-0.2, -0.15) is 13.2 Å². The number of benzene rings is 1. The lowest BCUT2D eigenvalue weighted by Crippen LogP contribution is -2.34. The molecule has 0 aliphatic carbocycles. The van der Waals surface area contributed by atoms with Gasteiger partial charge in [0.15, 0.2) is 5.96 Å². The van der Waals surface area contributed by atoms with Crippen molar-refractivity contribution in [1.29, 1.82) is 0 Å². The summed E-state index contributed by atoms with van der Waals surface area (Å²) in [5, 5.41) is 12.7. The zero-order chi connectivity index (χ0) is 18.7. The van der Waals surface area contributed by atoms with Crippen molar-refractivity contribution >= 4 is 5.96 Å². The largest absolute Gasteiger partial charge is 0.491 e. The van der Waals surface area contributed by atoms with Gasteiger partial charge in [0.2, 0.25) is 0 Å². The Labute approximate surface area is 146 Å². The standard InChI is InChI=1S/C17H26F3N3O2/c1-2-3-4-5-10-22-16(21)23-11-14(24)12-25-15-8-6-13(7-9-15)17(18,19)20/h6-9,14,24H,2-5,10-12H2,1H3,(H3,21,22,23). The second kappa shape index (κ2) is 10.8. The monoisotopic (exact) mass is 361 g/mol. The molecule has 0 radical (unpaired) electrons. The highest BCUT2D eigenvalue weighted by molar-refractivity contribution is 5.77. The van der Waals surface area contributed by atoms with Gasteiger partial charge in [-0.25, -0.2) is 0 Å². The number of rotatable bonds is 10. The van der Waals surface area contributed by atoms with E-state index in [0.717, 1.165) is 37.9 Å². The molecule has 8 heteroatoms. The number of guanidine groups is 1. The Hall–Kier alpha value is -1.96. The normalized spacial score (nSPS) is 13.6. The number of hydrogen-bond acceptors (Lipinski definition) is 3. The van der Waals surface area contributed by atoms with Crippen LogP contribution in [0.15, 0.2) is 29.3 Å². The van der Waals surface area contributed by atoms with Crippen molar-refractivity contribution in [3.05, 3.63) is 29.8 Å². The Kier molecular flexibility index (Phi) is 9.12. The van der Waals surface area contributed by atoms with Crippen LogP contribution in [0.3, 0.4) is 0 Å². The van der Waals surface area contributed by atoms with Crippen LogP contribution in [0.4, 0.5) is 13.2 Å². The Balaban J connectivity index is 2.27. The van der Waals surface area contributed by atoms with E-state index in [2.05, 4.69) is 17.2 Å². The molecular formula is C17H26F3N3O2. The van der Waals surface area contributed by atoms with Gasteiger partial charge in [0, 0.05) is 6.54 Å². The number of nitrogens with zero attached hydrogens (tertiary/aromatic N) is 1. The SMILES string of the molecule is CCCCCCNC(N)=NCC(O)COc1ccc(C(F)(F)F)cc1. The highest BCUT2D eigenvalue weighted by Gasteiger charge is 2.30. The molecular weight excluding hydrogens is 335 g/mol. The minimum absolute atomic E-state index is 0.0500. The molecule has 0 heterocycles. The molecule has 1 rings (SSSR count). The van der Waals surface area contributed by atoms with E-state index in [4.69, 9.17) is 10.5 Å². The van der Waals surface area contributed by atoms with Crippen molar-refractivity contribution in [1.82, 2.24) is 5.32 Å². The van der Waals surface area contributed by atoms with Crippen LogP contribution in [0.5, 0.6) is 5.75 Å². The van der Waals surface area contributed by atoms with Gasteiger partial charge in [0.25, 0.3) is 0 Å². The van der Waals surface area contributed by atoms with Crippen LogP contribution in [0, 0.1) is 0 Å². The van der Waals surface area contributed by atoms with Crippen LogP contribution in [-0.2, 0) is 6.18 Å². The summed E-state index contributed by atoms with van der Waals surface area (Å²) >= 11 is 0. The predicted octanol–water partition coefficient (Wildman–Crippen LogP) is 2.93. The Bertz CT molecular complexity index is 519. The number of aliphatic hydroxyl groups is 1. The summed E-state index contributed by atoms with van der Waals surface area (Å²) in [5.41, 5.74) is 4.93. The lowest BCUT2D eigenvalue weighted by Gasteiger charge is -2.12. The molecule has 5 nitrogen and oxygen atoms in total. The maximum atomic E-state index is 12.4. The molecule has 1 unspecified atom stereocenters. The molecule has 0 aromatic heterocycles. The molecule has 4 N–H and O–H groups in total. The molecule has 0 saturated carbocycles. The summed E-state index contributed by atoms with van der Waals surface area (Å²) in [6, 6.07) is 4.29. The van der Waals surface area contributed by atoms with Gasteiger partial charge in [0.05, 0.1) is 12.1 Å². The summed E-state index contributed by atoms with van der Waals surface area (Å²) < 4.78 is 42.6. The molecule has 0 amide bonds. The summed E-state index contributed by atoms with van der Waals surface area (Å²) in [6.07, 6.45) is -0.812. The minimum Gasteiger partial charge on any atom is -0.491 e. The molecule has 0 spiro atoms. The van der Waals surface area contributed by atoms with Crippen molar-refractivity contribution in [3.8, 4) is 5.75 Å². The van der Waals surface area contributed by atoms with Gasteiger partial charge in [0.1, 0.15) is 18.5 Å². The van der Waals surface area contributed by atoms with Gasteiger partial charge >= 0.3 is 6.18 Å². The molecule has 0 aliphatic rings. The van der Waals surface area contributed by atoms with E-state index in [1.165, 1.54) is 18.6 Å². The minimum atomic E-state index is -4.38. The maximum Gasteiger partial charge on any atom is 0.416 e. The number of hydrogen-bond donors (Lipinski definition) is 3. The second-order valence-electron chi connectivity index (χ2n) is 5.70. The van der Waals surface area contributed by atoms with E-state index in [0.29, 0.717) is 0 Å². The van der Waals surface area contributed by atoms with Crippen LogP contribution < -0.4 is 15.8 Å². The number of aliphatic hydroxyl groups excluding tert-OH is 1. The molecule has 25 heavy (non-hydrogen) atoms. The molecule has 1 aromatic rings. The number of aliphatic imine (C=N–C) groups is 1. The van der Waals surface area contributed by atoms with Crippen molar-refractivity contribution in [2.24, 2.45) is 10.7 Å². The Morgan fingerprint density at radius 3 is 2.52 bits per heavy atom. The third-order valence-corrected chi connectivity index (χ3v) is 3.43. The average Bonchev–Trinajstić information content (AvgIpc) is 2.57. The zero-order valence-electron chi connectivity index (χ0n) is 14.4.